The second-order valence-corrected chi connectivity index (χ2v) is 20.4. The third kappa shape index (κ3) is 15.8. The molecule has 23 nitrogen and oxygen atoms in total. The fourth-order valence-electron chi connectivity index (χ4n) is 7.97. The van der Waals surface area contributed by atoms with Crippen molar-refractivity contribution < 1.29 is 4.79 Å². The van der Waals surface area contributed by atoms with Crippen LogP contribution in [0.1, 0.15) is 166 Å². The van der Waals surface area contributed by atoms with Gasteiger partial charge in [-0.25, -0.2) is 49.7 Å². The van der Waals surface area contributed by atoms with Gasteiger partial charge in [-0.1, -0.05) is 27.0 Å². The summed E-state index contributed by atoms with van der Waals surface area (Å²) in [5, 5.41) is 6.60. The first kappa shape index (κ1) is 63.9. The number of hydrogen-bond acceptors (Lipinski definition) is 15. The highest BCUT2D eigenvalue weighted by Gasteiger charge is 2.22. The molecular weight excluding hydrogens is 1010 g/mol. The van der Waals surface area contributed by atoms with Gasteiger partial charge in [-0.05, 0) is 136 Å². The van der Waals surface area contributed by atoms with Gasteiger partial charge < -0.3 is 38.8 Å². The number of aromatic nitrogens is 15. The molecule has 430 valence electrons. The van der Waals surface area contributed by atoms with Crippen molar-refractivity contribution in [1.29, 1.82) is 0 Å². The molecule has 0 saturated carbocycles. The lowest BCUT2D eigenvalue weighted by Crippen LogP contribution is -2.32. The van der Waals surface area contributed by atoms with Crippen LogP contribution in [0.4, 0.5) is 5.82 Å². The van der Waals surface area contributed by atoms with Crippen LogP contribution < -0.4 is 27.4 Å². The van der Waals surface area contributed by atoms with Gasteiger partial charge in [-0.2, -0.15) is 0 Å². The number of aryl methyl sites for hydroxylation is 7. The van der Waals surface area contributed by atoms with Crippen LogP contribution in [0.3, 0.4) is 0 Å². The number of H-pyrrole nitrogens is 2. The number of carbonyl (C=O) groups is 1. The lowest BCUT2D eigenvalue weighted by molar-refractivity contribution is 0.0959. The first-order chi connectivity index (χ1) is 37.5. The Morgan fingerprint density at radius 2 is 1.10 bits per heavy atom. The van der Waals surface area contributed by atoms with Crippen LogP contribution in [0.25, 0.3) is 33.4 Å². The second-order valence-electron chi connectivity index (χ2n) is 20.4. The van der Waals surface area contributed by atoms with Gasteiger partial charge in [0.15, 0.2) is 22.5 Å². The molecule has 23 heteroatoms. The molecule has 10 rings (SSSR count). The average Bonchev–Trinajstić information content (AvgIpc) is 4.19. The summed E-state index contributed by atoms with van der Waals surface area (Å²) in [4.78, 5) is 90.1. The maximum atomic E-state index is 11.5. The first-order valence-corrected chi connectivity index (χ1v) is 26.8. The number of aromatic amines is 2. The summed E-state index contributed by atoms with van der Waals surface area (Å²) in [5.41, 5.74) is 8.38. The van der Waals surface area contributed by atoms with E-state index in [1.54, 1.807) is 37.3 Å². The maximum absolute atomic E-state index is 11.5. The third-order valence-electron chi connectivity index (χ3n) is 12.2. The quantitative estimate of drug-likeness (QED) is 0.125. The SMILES string of the molecule is C=C1N=C(C)C(C)=CN1C(C)C.C=C1NC(=O)c2ncn(C)c2N1.CC.Cc1cn(C(C)C)c(=O)[nH]c1=O.Cc1nc(C)c2ccn(C(C)C)c2n1.Cc1nc(C)c2ncn(C(C)C)c2n1.Cc1nc2c(ncn2C(C)C)c(=O)[nH]1. The zero-order valence-electron chi connectivity index (χ0n) is 50.7. The Labute approximate surface area is 468 Å². The summed E-state index contributed by atoms with van der Waals surface area (Å²) in [5.74, 6) is 4.06. The smallest absolute Gasteiger partial charge is 0.328 e. The number of nitrogens with one attached hydrogen (secondary N) is 4. The van der Waals surface area contributed by atoms with E-state index in [1.165, 1.54) is 10.1 Å². The normalized spacial score (nSPS) is 12.7. The van der Waals surface area contributed by atoms with E-state index in [2.05, 4.69) is 160 Å². The van der Waals surface area contributed by atoms with Crippen LogP contribution in [0, 0.1) is 41.5 Å². The number of hydrogen-bond donors (Lipinski definition) is 4. The molecule has 0 unspecified atom stereocenters. The van der Waals surface area contributed by atoms with Crippen molar-refractivity contribution in [3.8, 4) is 0 Å². The molecule has 2 aliphatic heterocycles. The van der Waals surface area contributed by atoms with Crippen molar-refractivity contribution in [2.75, 3.05) is 5.32 Å². The number of aliphatic imine (C=N–C) groups is 1. The van der Waals surface area contributed by atoms with E-state index in [4.69, 9.17) is 0 Å². The molecule has 10 heterocycles. The largest absolute Gasteiger partial charge is 0.331 e. The molecule has 4 N–H and O–H groups in total. The fraction of sp³-hybridized carbons (Fsp3) is 0.456. The Hall–Kier alpha value is -8.63. The molecule has 8 aromatic rings. The molecular formula is C57H83N19O4. The minimum atomic E-state index is -0.347. The number of anilines is 1. The van der Waals surface area contributed by atoms with Gasteiger partial charge in [0.05, 0.1) is 30.4 Å². The maximum Gasteiger partial charge on any atom is 0.328 e. The number of amides is 1. The predicted molar refractivity (Wildman–Crippen MR) is 320 cm³/mol. The van der Waals surface area contributed by atoms with Crippen LogP contribution in [0.15, 0.2) is 93.4 Å². The molecule has 0 radical (unpaired) electrons. The van der Waals surface area contributed by atoms with E-state index >= 15 is 0 Å². The highest BCUT2D eigenvalue weighted by atomic mass is 16.2. The Balaban J connectivity index is 0.000000206. The summed E-state index contributed by atoms with van der Waals surface area (Å²) in [7, 11) is 1.81. The van der Waals surface area contributed by atoms with E-state index in [9.17, 15) is 19.2 Å². The molecule has 0 aromatic carbocycles. The van der Waals surface area contributed by atoms with Crippen LogP contribution in [-0.4, -0.2) is 95.2 Å². The Kier molecular flexibility index (Phi) is 22.2. The monoisotopic (exact) mass is 1100 g/mol. The van der Waals surface area contributed by atoms with Crippen LogP contribution >= 0.6 is 0 Å². The number of rotatable bonds is 5. The van der Waals surface area contributed by atoms with Crippen LogP contribution in [0.5, 0.6) is 0 Å². The fourth-order valence-corrected chi connectivity index (χ4v) is 7.97. The van der Waals surface area contributed by atoms with Crippen LogP contribution in [0.2, 0.25) is 0 Å². The summed E-state index contributed by atoms with van der Waals surface area (Å²) in [6.07, 6.45) is 10.8. The number of carbonyl (C=O) groups excluding carboxylic acids is 1. The van der Waals surface area contributed by atoms with Gasteiger partial charge in [0.2, 0.25) is 0 Å². The molecule has 0 aliphatic carbocycles. The Bertz CT molecular complexity index is 3630. The van der Waals surface area contributed by atoms with Crippen LogP contribution in [-0.2, 0) is 7.05 Å². The molecule has 0 atom stereocenters. The summed E-state index contributed by atoms with van der Waals surface area (Å²) < 4.78 is 9.36. The zero-order valence-corrected chi connectivity index (χ0v) is 50.7. The van der Waals surface area contributed by atoms with Crippen molar-refractivity contribution in [3.63, 3.8) is 0 Å². The first-order valence-electron chi connectivity index (χ1n) is 26.8. The minimum absolute atomic E-state index is 0.0769. The molecule has 2 aliphatic rings. The van der Waals surface area contributed by atoms with Crippen molar-refractivity contribution in [2.45, 2.75) is 169 Å². The number of fused-ring (bicyclic) bond motifs is 4. The summed E-state index contributed by atoms with van der Waals surface area (Å²) in [6, 6.07) is 3.69. The number of imidazole rings is 3. The topological polar surface area (TPSA) is 267 Å². The van der Waals surface area contributed by atoms with Crippen molar-refractivity contribution in [2.24, 2.45) is 12.0 Å². The van der Waals surface area contributed by atoms with E-state index in [0.717, 1.165) is 56.8 Å². The Morgan fingerprint density at radius 1 is 0.562 bits per heavy atom. The van der Waals surface area contributed by atoms with Gasteiger partial charge in [0.1, 0.15) is 46.1 Å². The van der Waals surface area contributed by atoms with E-state index in [0.29, 0.717) is 58.0 Å². The average molecular weight is 1100 g/mol. The third-order valence-corrected chi connectivity index (χ3v) is 12.2. The zero-order chi connectivity index (χ0) is 60.2. The highest BCUT2D eigenvalue weighted by Crippen LogP contribution is 2.22. The van der Waals surface area contributed by atoms with Gasteiger partial charge in [-0.3, -0.25) is 23.9 Å². The highest BCUT2D eigenvalue weighted by molar-refractivity contribution is 6.00. The molecule has 0 spiro atoms. The predicted octanol–water partition coefficient (Wildman–Crippen LogP) is 9.71. The Morgan fingerprint density at radius 3 is 1.66 bits per heavy atom. The van der Waals surface area contributed by atoms with E-state index < -0.39 is 0 Å². The summed E-state index contributed by atoms with van der Waals surface area (Å²) >= 11 is 0. The summed E-state index contributed by atoms with van der Waals surface area (Å²) in [6.45, 7) is 47.5. The standard InChI is InChI=1S/C11H15N3.C10H14N4.C10H16N2.C9H12N4O.C8H12N2O2.C7H8N4O.C2H6/c1-7(2)14-6-5-10-8(3)12-9(4)13-11(10)14;1-6(2)14-5-11-9-7(3)12-8(4)13-10(9)14;1-7(2)12-6-8(3)9(4)11-10(12)5;1-5(2)13-4-10-7-8(13)11-6(3)12-9(7)14;1-5(2)10-4-6(3)7(11)9-8(10)12;1-4-9-6-5(7(12)10-4)8-3-11(6)2;1-2/h5-7H,1-4H3;5-6H,1-4H3;6-7H,5H2,1-4H3;4-5H,1-3H3,(H,11,12,14);4-5H,1-3H3,(H,9,11,12);3,9H,1H2,2H3,(H,10,12);1-2H3. The second kappa shape index (κ2) is 27.8. The molecule has 0 saturated heterocycles. The van der Waals surface area contributed by atoms with Gasteiger partial charge in [0, 0.05) is 72.5 Å². The van der Waals surface area contributed by atoms with Gasteiger partial charge >= 0.3 is 5.69 Å². The van der Waals surface area contributed by atoms with Crippen molar-refractivity contribution in [3.05, 3.63) is 145 Å². The van der Waals surface area contributed by atoms with Crippen molar-refractivity contribution in [1.82, 2.24) is 82.9 Å². The van der Waals surface area contributed by atoms with E-state index in [1.807, 2.05) is 94.1 Å². The number of allylic oxidation sites excluding steroid dienone is 1. The molecule has 8 aromatic heterocycles. The molecule has 0 bridgehead atoms. The van der Waals surface area contributed by atoms with Crippen molar-refractivity contribution >= 4 is 50.8 Å². The van der Waals surface area contributed by atoms with Gasteiger partial charge in [-0.15, -0.1) is 0 Å². The van der Waals surface area contributed by atoms with Gasteiger partial charge in [0.25, 0.3) is 17.0 Å². The minimum Gasteiger partial charge on any atom is -0.331 e. The van der Waals surface area contributed by atoms with E-state index in [-0.39, 0.29) is 34.8 Å². The molecule has 0 fully saturated rings. The lowest BCUT2D eigenvalue weighted by Gasteiger charge is -2.28. The number of nitrogens with zero attached hydrogens (tertiary/aromatic N) is 15. The molecule has 1 amide bonds. The molecule has 80 heavy (non-hydrogen) atoms. The lowest BCUT2D eigenvalue weighted by atomic mass is 10.2.